The molecule has 0 saturated carbocycles. The highest BCUT2D eigenvalue weighted by molar-refractivity contribution is 6.47. The van der Waals surface area contributed by atoms with Crippen LogP contribution in [0.1, 0.15) is 55.4 Å². The lowest BCUT2D eigenvalue weighted by Crippen LogP contribution is -2.49. The molecule has 0 amide bonds. The number of rotatable bonds is 5. The van der Waals surface area contributed by atoms with Gasteiger partial charge in [0.2, 0.25) is 0 Å². The number of anilines is 2. The van der Waals surface area contributed by atoms with Gasteiger partial charge in [0.15, 0.2) is 0 Å². The first kappa shape index (κ1) is 23.1. The van der Waals surface area contributed by atoms with Crippen molar-refractivity contribution in [2.24, 2.45) is 0 Å². The quantitative estimate of drug-likeness (QED) is 0.577. The van der Waals surface area contributed by atoms with Crippen LogP contribution < -0.4 is 16.5 Å². The zero-order chi connectivity index (χ0) is 18.0. The van der Waals surface area contributed by atoms with Gasteiger partial charge in [0.25, 0.3) is 0 Å². The second kappa shape index (κ2) is 10.5. The Balaban J connectivity index is 0. The van der Waals surface area contributed by atoms with Crippen molar-refractivity contribution in [2.45, 2.75) is 66.6 Å². The van der Waals surface area contributed by atoms with Crippen LogP contribution in [-0.4, -0.2) is 30.8 Å². The molecule has 0 heterocycles. The molecule has 0 aromatic heterocycles. The summed E-state index contributed by atoms with van der Waals surface area (Å²) in [6, 6.07) is 5.62. The fourth-order valence-electron chi connectivity index (χ4n) is 1.24. The van der Waals surface area contributed by atoms with Crippen LogP contribution in [0, 0.1) is 0 Å². The first-order valence-corrected chi connectivity index (χ1v) is 7.98. The van der Waals surface area contributed by atoms with E-state index < -0.39 is 11.2 Å². The summed E-state index contributed by atoms with van der Waals surface area (Å²) < 4.78 is 5.66. The maximum absolute atomic E-state index is 9.98. The SMILES string of the molecule is CC.CC.CNc1ccc([B]OC(C)(C)C(C)(C)O)cc1N. The molecule has 5 heteroatoms. The lowest BCUT2D eigenvalue weighted by Gasteiger charge is -2.37. The van der Waals surface area contributed by atoms with Gasteiger partial charge in [-0.05, 0) is 39.8 Å². The van der Waals surface area contributed by atoms with Gasteiger partial charge in [-0.15, -0.1) is 0 Å². The van der Waals surface area contributed by atoms with Crippen molar-refractivity contribution in [3.05, 3.63) is 18.2 Å². The second-order valence-electron chi connectivity index (χ2n) is 5.40. The van der Waals surface area contributed by atoms with E-state index in [1.807, 2.05) is 66.8 Å². The van der Waals surface area contributed by atoms with E-state index in [1.54, 1.807) is 21.3 Å². The van der Waals surface area contributed by atoms with E-state index in [4.69, 9.17) is 10.4 Å². The molecule has 1 aromatic carbocycles. The van der Waals surface area contributed by atoms with Gasteiger partial charge in [-0.3, -0.25) is 0 Å². The average Bonchev–Trinajstić information content (AvgIpc) is 2.48. The topological polar surface area (TPSA) is 67.5 Å². The highest BCUT2D eigenvalue weighted by Crippen LogP contribution is 2.24. The van der Waals surface area contributed by atoms with Crippen LogP contribution >= 0.6 is 0 Å². The van der Waals surface area contributed by atoms with Gasteiger partial charge >= 0.3 is 7.48 Å². The Morgan fingerprint density at radius 3 is 1.95 bits per heavy atom. The molecule has 0 aliphatic carbocycles. The van der Waals surface area contributed by atoms with Gasteiger partial charge in [-0.25, -0.2) is 0 Å². The fourth-order valence-corrected chi connectivity index (χ4v) is 1.24. The molecule has 0 aliphatic rings. The predicted octanol–water partition coefficient (Wildman–Crippen LogP) is 3.17. The van der Waals surface area contributed by atoms with E-state index in [2.05, 4.69) is 5.32 Å². The number of nitrogen functional groups attached to an aromatic ring is 1. The van der Waals surface area contributed by atoms with E-state index in [9.17, 15) is 5.11 Å². The molecule has 4 N–H and O–H groups in total. The van der Waals surface area contributed by atoms with Crippen molar-refractivity contribution in [3.63, 3.8) is 0 Å². The Morgan fingerprint density at radius 1 is 1.09 bits per heavy atom. The van der Waals surface area contributed by atoms with Gasteiger partial charge in [0.05, 0.1) is 22.6 Å². The maximum Gasteiger partial charge on any atom is 0.330 e. The van der Waals surface area contributed by atoms with Crippen molar-refractivity contribution < 1.29 is 9.76 Å². The van der Waals surface area contributed by atoms with Crippen LogP contribution in [-0.2, 0) is 4.65 Å². The lowest BCUT2D eigenvalue weighted by molar-refractivity contribution is -0.0893. The Hall–Kier alpha value is -1.20. The van der Waals surface area contributed by atoms with Crippen LogP contribution in [0.2, 0.25) is 0 Å². The smallest absolute Gasteiger partial charge is 0.330 e. The largest absolute Gasteiger partial charge is 0.427 e. The molecule has 0 spiro atoms. The summed E-state index contributed by atoms with van der Waals surface area (Å²) in [7, 11) is 3.44. The third-order valence-corrected chi connectivity index (χ3v) is 3.31. The highest BCUT2D eigenvalue weighted by atomic mass is 16.5. The monoisotopic (exact) mass is 309 g/mol. The minimum Gasteiger partial charge on any atom is -0.427 e. The van der Waals surface area contributed by atoms with Crippen molar-refractivity contribution in [1.29, 1.82) is 0 Å². The fraction of sp³-hybridized carbons (Fsp3) is 0.647. The summed E-state index contributed by atoms with van der Waals surface area (Å²) in [5, 5.41) is 13.0. The van der Waals surface area contributed by atoms with Crippen LogP contribution in [0.25, 0.3) is 0 Å². The van der Waals surface area contributed by atoms with Crippen LogP contribution in [0.5, 0.6) is 0 Å². The number of benzene rings is 1. The summed E-state index contributed by atoms with van der Waals surface area (Å²) >= 11 is 0. The normalized spacial score (nSPS) is 10.6. The number of hydrogen-bond donors (Lipinski definition) is 3. The van der Waals surface area contributed by atoms with Crippen molar-refractivity contribution in [2.75, 3.05) is 18.1 Å². The number of aliphatic hydroxyl groups is 1. The third kappa shape index (κ3) is 7.18. The highest BCUT2D eigenvalue weighted by Gasteiger charge is 2.35. The summed E-state index contributed by atoms with van der Waals surface area (Å²) in [5.74, 6) is 0. The summed E-state index contributed by atoms with van der Waals surface area (Å²) in [5.41, 5.74) is 6.67. The van der Waals surface area contributed by atoms with Crippen LogP contribution in [0.15, 0.2) is 18.2 Å². The molecule has 0 bridgehead atoms. The molecular formula is C17H34BN2O2. The predicted molar refractivity (Wildman–Crippen MR) is 99.9 cm³/mol. The summed E-state index contributed by atoms with van der Waals surface area (Å²) in [4.78, 5) is 0. The maximum atomic E-state index is 9.98. The van der Waals surface area contributed by atoms with Gasteiger partial charge < -0.3 is 20.8 Å². The molecule has 0 unspecified atom stereocenters. The number of nitrogens with one attached hydrogen (secondary N) is 1. The zero-order valence-electron chi connectivity index (χ0n) is 15.7. The molecule has 0 atom stereocenters. The molecule has 1 aromatic rings. The minimum atomic E-state index is -0.931. The van der Waals surface area contributed by atoms with E-state index in [0.29, 0.717) is 5.69 Å². The van der Waals surface area contributed by atoms with Gasteiger partial charge in [-0.2, -0.15) is 0 Å². The van der Waals surface area contributed by atoms with Gasteiger partial charge in [-0.1, -0.05) is 39.2 Å². The average molecular weight is 309 g/mol. The van der Waals surface area contributed by atoms with Gasteiger partial charge in [0.1, 0.15) is 0 Å². The molecule has 1 rings (SSSR count). The minimum absolute atomic E-state index is 0.663. The van der Waals surface area contributed by atoms with Crippen LogP contribution in [0.3, 0.4) is 0 Å². The second-order valence-corrected chi connectivity index (χ2v) is 5.40. The van der Waals surface area contributed by atoms with Gasteiger partial charge in [0, 0.05) is 7.05 Å². The molecule has 127 valence electrons. The van der Waals surface area contributed by atoms with Crippen molar-refractivity contribution in [1.82, 2.24) is 0 Å². The summed E-state index contributed by atoms with van der Waals surface area (Å²) in [6.07, 6.45) is 0. The zero-order valence-corrected chi connectivity index (χ0v) is 15.7. The van der Waals surface area contributed by atoms with E-state index in [0.717, 1.165) is 11.2 Å². The summed E-state index contributed by atoms with van der Waals surface area (Å²) in [6.45, 7) is 15.1. The first-order valence-electron chi connectivity index (χ1n) is 7.98. The Morgan fingerprint density at radius 2 is 1.59 bits per heavy atom. The standard InChI is InChI=1S/C13H22BN2O2.2C2H6/c1-12(2,17)13(3,4)18-14-9-6-7-11(16-5)10(15)8-9;2*1-2/h6-8,16-17H,15H2,1-5H3;2*1-2H3. The number of hydrogen-bond acceptors (Lipinski definition) is 4. The Bertz CT molecular complexity index is 416. The molecule has 0 aliphatic heterocycles. The molecule has 4 nitrogen and oxygen atoms in total. The van der Waals surface area contributed by atoms with E-state index >= 15 is 0 Å². The van der Waals surface area contributed by atoms with E-state index in [1.165, 1.54) is 0 Å². The Labute approximate surface area is 137 Å². The lowest BCUT2D eigenvalue weighted by atomic mass is 9.82. The van der Waals surface area contributed by atoms with Crippen molar-refractivity contribution in [3.8, 4) is 0 Å². The molecular weight excluding hydrogens is 275 g/mol. The van der Waals surface area contributed by atoms with Crippen molar-refractivity contribution >= 4 is 24.3 Å². The van der Waals surface area contributed by atoms with E-state index in [-0.39, 0.29) is 0 Å². The number of nitrogens with two attached hydrogens (primary N) is 1. The first-order chi connectivity index (χ1) is 10.2. The van der Waals surface area contributed by atoms with Crippen LogP contribution in [0.4, 0.5) is 11.4 Å². The molecule has 1 radical (unpaired) electrons. The molecule has 0 fully saturated rings. The molecule has 22 heavy (non-hydrogen) atoms. The molecule has 0 saturated heterocycles. The Kier molecular flexibility index (Phi) is 11.0. The third-order valence-electron chi connectivity index (χ3n) is 3.31.